The molecule has 0 aliphatic heterocycles. The summed E-state index contributed by atoms with van der Waals surface area (Å²) in [6, 6.07) is 23.2. The number of benzene rings is 3. The first-order valence-corrected chi connectivity index (χ1v) is 9.73. The Morgan fingerprint density at radius 2 is 1.69 bits per heavy atom. The number of carbonyl (C=O) groups excluding carboxylic acids is 2. The van der Waals surface area contributed by atoms with Crippen molar-refractivity contribution in [1.82, 2.24) is 0 Å². The lowest BCUT2D eigenvalue weighted by Crippen LogP contribution is -2.21. The van der Waals surface area contributed by atoms with Gasteiger partial charge < -0.3 is 10.1 Å². The lowest BCUT2D eigenvalue weighted by atomic mass is 10.0. The van der Waals surface area contributed by atoms with Crippen LogP contribution in [0.15, 0.2) is 78.9 Å². The van der Waals surface area contributed by atoms with Crippen LogP contribution in [0.2, 0.25) is 0 Å². The first kappa shape index (κ1) is 18.8. The van der Waals surface area contributed by atoms with Crippen LogP contribution >= 0.6 is 11.3 Å². The SMILES string of the molecule is O=C(COC(=O)c1cc2c(F)cccc2s1)Nc1ccccc1-c1ccccc1. The van der Waals surface area contributed by atoms with Crippen LogP contribution in [0.25, 0.3) is 21.2 Å². The second-order valence-electron chi connectivity index (χ2n) is 6.30. The first-order chi connectivity index (χ1) is 14.1. The second kappa shape index (κ2) is 8.24. The van der Waals surface area contributed by atoms with E-state index in [2.05, 4.69) is 5.32 Å². The molecular formula is C23H16FNO3S. The Kier molecular flexibility index (Phi) is 5.35. The number of amides is 1. The molecular weight excluding hydrogens is 389 g/mol. The Morgan fingerprint density at radius 1 is 0.931 bits per heavy atom. The molecule has 0 unspecified atom stereocenters. The molecule has 0 radical (unpaired) electrons. The van der Waals surface area contributed by atoms with Crippen LogP contribution in [0.5, 0.6) is 0 Å². The Balaban J connectivity index is 1.43. The van der Waals surface area contributed by atoms with Crippen LogP contribution in [0.1, 0.15) is 9.67 Å². The van der Waals surface area contributed by atoms with E-state index in [9.17, 15) is 14.0 Å². The maximum atomic E-state index is 13.8. The molecule has 0 aliphatic carbocycles. The van der Waals surface area contributed by atoms with Crippen LogP contribution < -0.4 is 5.32 Å². The number of rotatable bonds is 5. The molecule has 4 aromatic rings. The lowest BCUT2D eigenvalue weighted by Gasteiger charge is -2.11. The highest BCUT2D eigenvalue weighted by Gasteiger charge is 2.16. The van der Waals surface area contributed by atoms with Gasteiger partial charge in [0.2, 0.25) is 0 Å². The maximum Gasteiger partial charge on any atom is 0.348 e. The number of thiophene rings is 1. The van der Waals surface area contributed by atoms with Gasteiger partial charge in [0.15, 0.2) is 6.61 Å². The molecule has 4 rings (SSSR count). The molecule has 6 heteroatoms. The zero-order valence-corrected chi connectivity index (χ0v) is 16.0. The summed E-state index contributed by atoms with van der Waals surface area (Å²) < 4.78 is 19.6. The molecule has 0 bridgehead atoms. The van der Waals surface area contributed by atoms with Gasteiger partial charge in [-0.2, -0.15) is 0 Å². The van der Waals surface area contributed by atoms with Gasteiger partial charge >= 0.3 is 5.97 Å². The third kappa shape index (κ3) is 4.17. The van der Waals surface area contributed by atoms with Crippen LogP contribution in [-0.2, 0) is 9.53 Å². The molecule has 0 atom stereocenters. The largest absolute Gasteiger partial charge is 0.451 e. The van der Waals surface area contributed by atoms with E-state index in [0.29, 0.717) is 15.8 Å². The number of ether oxygens (including phenoxy) is 1. The van der Waals surface area contributed by atoms with Crippen molar-refractivity contribution in [1.29, 1.82) is 0 Å². The molecule has 1 N–H and O–H groups in total. The number of anilines is 1. The summed E-state index contributed by atoms with van der Waals surface area (Å²) in [6.07, 6.45) is 0. The molecule has 144 valence electrons. The van der Waals surface area contributed by atoms with Gasteiger partial charge in [0.05, 0.1) is 0 Å². The van der Waals surface area contributed by atoms with Crippen LogP contribution in [-0.4, -0.2) is 18.5 Å². The predicted molar refractivity (Wildman–Crippen MR) is 113 cm³/mol. The fourth-order valence-corrected chi connectivity index (χ4v) is 3.94. The van der Waals surface area contributed by atoms with Gasteiger partial charge in [0, 0.05) is 21.3 Å². The molecule has 0 saturated carbocycles. The first-order valence-electron chi connectivity index (χ1n) is 8.91. The van der Waals surface area contributed by atoms with Crippen LogP contribution in [0.3, 0.4) is 0 Å². The fraction of sp³-hybridized carbons (Fsp3) is 0.0435. The minimum Gasteiger partial charge on any atom is -0.451 e. The summed E-state index contributed by atoms with van der Waals surface area (Å²) in [5.74, 6) is -1.50. The molecule has 1 heterocycles. The third-order valence-electron chi connectivity index (χ3n) is 4.33. The van der Waals surface area contributed by atoms with E-state index in [1.807, 2.05) is 48.5 Å². The van der Waals surface area contributed by atoms with E-state index in [-0.39, 0.29) is 4.88 Å². The van der Waals surface area contributed by atoms with Crippen molar-refractivity contribution in [3.8, 4) is 11.1 Å². The van der Waals surface area contributed by atoms with E-state index in [4.69, 9.17) is 4.74 Å². The van der Waals surface area contributed by atoms with E-state index >= 15 is 0 Å². The van der Waals surface area contributed by atoms with Gasteiger partial charge in [0.1, 0.15) is 10.7 Å². The van der Waals surface area contributed by atoms with Gasteiger partial charge in [0.25, 0.3) is 5.91 Å². The Hall–Kier alpha value is -3.51. The van der Waals surface area contributed by atoms with Gasteiger partial charge in [-0.3, -0.25) is 4.79 Å². The standard InChI is InChI=1S/C23H16FNO3S/c24-18-10-6-12-20-17(18)13-21(29-20)23(27)28-14-22(26)25-19-11-5-4-9-16(19)15-7-2-1-3-8-15/h1-13H,14H2,(H,25,26). The number of esters is 1. The Bertz CT molecular complexity index is 1190. The molecule has 4 nitrogen and oxygen atoms in total. The monoisotopic (exact) mass is 405 g/mol. The average molecular weight is 405 g/mol. The van der Waals surface area contributed by atoms with E-state index < -0.39 is 24.3 Å². The van der Waals surface area contributed by atoms with Crippen LogP contribution in [0, 0.1) is 5.82 Å². The lowest BCUT2D eigenvalue weighted by molar-refractivity contribution is -0.119. The fourth-order valence-electron chi connectivity index (χ4n) is 2.98. The van der Waals surface area contributed by atoms with E-state index in [0.717, 1.165) is 22.5 Å². The topological polar surface area (TPSA) is 55.4 Å². The smallest absolute Gasteiger partial charge is 0.348 e. The number of carbonyl (C=O) groups is 2. The van der Waals surface area contributed by atoms with Gasteiger partial charge in [-0.1, -0.05) is 54.6 Å². The van der Waals surface area contributed by atoms with Crippen LogP contribution in [0.4, 0.5) is 10.1 Å². The number of hydrogen-bond donors (Lipinski definition) is 1. The highest BCUT2D eigenvalue weighted by molar-refractivity contribution is 7.20. The van der Waals surface area contributed by atoms with E-state index in [1.165, 1.54) is 12.1 Å². The summed E-state index contributed by atoms with van der Waals surface area (Å²) in [5.41, 5.74) is 2.46. The van der Waals surface area contributed by atoms with Crippen molar-refractivity contribution in [2.24, 2.45) is 0 Å². The summed E-state index contributed by atoms with van der Waals surface area (Å²) in [7, 11) is 0. The molecule has 3 aromatic carbocycles. The van der Waals surface area contributed by atoms with Crippen molar-refractivity contribution in [2.75, 3.05) is 11.9 Å². The van der Waals surface area contributed by atoms with Gasteiger partial charge in [-0.05, 0) is 29.8 Å². The quantitative estimate of drug-likeness (QED) is 0.446. The number of para-hydroxylation sites is 1. The molecule has 0 saturated heterocycles. The number of nitrogens with one attached hydrogen (secondary N) is 1. The highest BCUT2D eigenvalue weighted by Crippen LogP contribution is 2.29. The summed E-state index contributed by atoms with van der Waals surface area (Å²) in [6.45, 7) is -0.432. The molecule has 1 amide bonds. The van der Waals surface area contributed by atoms with Gasteiger partial charge in [-0.25, -0.2) is 9.18 Å². The van der Waals surface area contributed by atoms with Crippen molar-refractivity contribution < 1.29 is 18.7 Å². The number of halogens is 1. The minimum atomic E-state index is -0.655. The van der Waals surface area contributed by atoms with Crippen molar-refractivity contribution in [3.63, 3.8) is 0 Å². The maximum absolute atomic E-state index is 13.8. The minimum absolute atomic E-state index is 0.252. The summed E-state index contributed by atoms with van der Waals surface area (Å²) in [5, 5.41) is 3.15. The molecule has 0 fully saturated rings. The average Bonchev–Trinajstić information content (AvgIpc) is 3.19. The van der Waals surface area contributed by atoms with E-state index in [1.54, 1.807) is 18.2 Å². The Morgan fingerprint density at radius 3 is 2.48 bits per heavy atom. The van der Waals surface area contributed by atoms with Crippen molar-refractivity contribution in [3.05, 3.63) is 89.6 Å². The Labute approximate surface area is 170 Å². The zero-order valence-electron chi connectivity index (χ0n) is 15.2. The van der Waals surface area contributed by atoms with Gasteiger partial charge in [-0.15, -0.1) is 11.3 Å². The third-order valence-corrected chi connectivity index (χ3v) is 5.41. The summed E-state index contributed by atoms with van der Waals surface area (Å²) in [4.78, 5) is 24.8. The van der Waals surface area contributed by atoms with Crippen molar-refractivity contribution in [2.45, 2.75) is 0 Å². The number of fused-ring (bicyclic) bond motifs is 1. The predicted octanol–water partition coefficient (Wildman–Crippen LogP) is 5.50. The second-order valence-corrected chi connectivity index (χ2v) is 7.38. The number of hydrogen-bond acceptors (Lipinski definition) is 4. The molecule has 1 aromatic heterocycles. The summed E-state index contributed by atoms with van der Waals surface area (Å²) >= 11 is 1.13. The van der Waals surface area contributed by atoms with Crippen molar-refractivity contribution >= 4 is 39.0 Å². The molecule has 29 heavy (non-hydrogen) atoms. The molecule has 0 aliphatic rings. The highest BCUT2D eigenvalue weighted by atomic mass is 32.1. The molecule has 0 spiro atoms. The normalized spacial score (nSPS) is 10.7. The zero-order chi connectivity index (χ0) is 20.2.